The fourth-order valence-electron chi connectivity index (χ4n) is 1.61. The molecule has 0 amide bonds. The Hall–Kier alpha value is -0.0400. The van der Waals surface area contributed by atoms with Gasteiger partial charge in [-0.2, -0.15) is 0 Å². The van der Waals surface area contributed by atoms with Crippen molar-refractivity contribution in [3.05, 3.63) is 0 Å². The van der Waals surface area contributed by atoms with Crippen LogP contribution in [0.2, 0.25) is 0 Å². The lowest BCUT2D eigenvalue weighted by Gasteiger charge is -2.28. The maximum Gasteiger partial charge on any atom is 0.00619 e. The van der Waals surface area contributed by atoms with Gasteiger partial charge in [-0.25, -0.2) is 0 Å². The standard InChI is InChI=1S/C14H31N/c1-7-8-9-10-14(5,6)11-15-13(4)12(2)3/h12-13,15H,7-11H2,1-6H3. The van der Waals surface area contributed by atoms with Crippen molar-refractivity contribution in [1.29, 1.82) is 0 Å². The van der Waals surface area contributed by atoms with Gasteiger partial charge in [0.1, 0.15) is 0 Å². The second-order valence-corrected chi connectivity index (χ2v) is 6.03. The predicted octanol–water partition coefficient (Wildman–Crippen LogP) is 4.23. The van der Waals surface area contributed by atoms with E-state index in [1.807, 2.05) is 0 Å². The number of unbranched alkanes of at least 4 members (excludes halogenated alkanes) is 2. The highest BCUT2D eigenvalue weighted by atomic mass is 14.9. The van der Waals surface area contributed by atoms with Gasteiger partial charge in [0, 0.05) is 12.6 Å². The Morgan fingerprint density at radius 2 is 1.67 bits per heavy atom. The monoisotopic (exact) mass is 213 g/mol. The van der Waals surface area contributed by atoms with E-state index in [-0.39, 0.29) is 0 Å². The lowest BCUT2D eigenvalue weighted by Crippen LogP contribution is -2.38. The van der Waals surface area contributed by atoms with Gasteiger partial charge in [0.2, 0.25) is 0 Å². The third-order valence-corrected chi connectivity index (χ3v) is 3.36. The summed E-state index contributed by atoms with van der Waals surface area (Å²) < 4.78 is 0. The number of nitrogens with one attached hydrogen (secondary N) is 1. The summed E-state index contributed by atoms with van der Waals surface area (Å²) in [5, 5.41) is 3.65. The van der Waals surface area contributed by atoms with Gasteiger partial charge in [-0.3, -0.25) is 0 Å². The highest BCUT2D eigenvalue weighted by Crippen LogP contribution is 2.23. The van der Waals surface area contributed by atoms with Crippen LogP contribution >= 0.6 is 0 Å². The highest BCUT2D eigenvalue weighted by Gasteiger charge is 2.18. The molecule has 0 aliphatic carbocycles. The summed E-state index contributed by atoms with van der Waals surface area (Å²) in [6.07, 6.45) is 5.43. The first kappa shape index (κ1) is 15.0. The van der Waals surface area contributed by atoms with Crippen molar-refractivity contribution in [3.8, 4) is 0 Å². The zero-order chi connectivity index (χ0) is 11.9. The minimum Gasteiger partial charge on any atom is -0.313 e. The summed E-state index contributed by atoms with van der Waals surface area (Å²) >= 11 is 0. The lowest BCUT2D eigenvalue weighted by molar-refractivity contribution is 0.275. The maximum atomic E-state index is 3.65. The van der Waals surface area contributed by atoms with E-state index in [9.17, 15) is 0 Å². The molecule has 0 aliphatic rings. The van der Waals surface area contributed by atoms with E-state index in [0.29, 0.717) is 11.5 Å². The quantitative estimate of drug-likeness (QED) is 0.595. The fourth-order valence-corrected chi connectivity index (χ4v) is 1.61. The summed E-state index contributed by atoms with van der Waals surface area (Å²) in [5.41, 5.74) is 0.457. The highest BCUT2D eigenvalue weighted by molar-refractivity contribution is 4.74. The topological polar surface area (TPSA) is 12.0 Å². The molecule has 1 N–H and O–H groups in total. The molecule has 0 aliphatic heterocycles. The van der Waals surface area contributed by atoms with Gasteiger partial charge in [-0.1, -0.05) is 53.9 Å². The maximum absolute atomic E-state index is 3.65. The van der Waals surface area contributed by atoms with E-state index in [4.69, 9.17) is 0 Å². The summed E-state index contributed by atoms with van der Waals surface area (Å²) in [5.74, 6) is 0.733. The van der Waals surface area contributed by atoms with Gasteiger partial charge in [-0.15, -0.1) is 0 Å². The summed E-state index contributed by atoms with van der Waals surface area (Å²) in [6.45, 7) is 15.0. The van der Waals surface area contributed by atoms with Crippen LogP contribution in [0.25, 0.3) is 0 Å². The van der Waals surface area contributed by atoms with Crippen LogP contribution in [0.3, 0.4) is 0 Å². The molecule has 0 aromatic heterocycles. The molecule has 15 heavy (non-hydrogen) atoms. The number of hydrogen-bond donors (Lipinski definition) is 1. The normalized spacial score (nSPS) is 14.6. The fraction of sp³-hybridized carbons (Fsp3) is 1.00. The molecule has 0 aromatic carbocycles. The zero-order valence-corrected chi connectivity index (χ0v) is 11.7. The smallest absolute Gasteiger partial charge is 0.00619 e. The first-order valence-corrected chi connectivity index (χ1v) is 6.62. The molecule has 0 saturated carbocycles. The van der Waals surface area contributed by atoms with Crippen LogP contribution in [0.1, 0.15) is 67.2 Å². The zero-order valence-electron chi connectivity index (χ0n) is 11.7. The predicted molar refractivity (Wildman–Crippen MR) is 70.2 cm³/mol. The first-order chi connectivity index (χ1) is 6.89. The van der Waals surface area contributed by atoms with E-state index in [1.165, 1.54) is 25.7 Å². The Bertz CT molecular complexity index is 149. The minimum absolute atomic E-state index is 0.457. The van der Waals surface area contributed by atoms with E-state index >= 15 is 0 Å². The van der Waals surface area contributed by atoms with E-state index in [2.05, 4.69) is 46.9 Å². The van der Waals surface area contributed by atoms with Crippen molar-refractivity contribution < 1.29 is 0 Å². The molecule has 0 rings (SSSR count). The molecule has 0 spiro atoms. The first-order valence-electron chi connectivity index (χ1n) is 6.62. The Morgan fingerprint density at radius 3 is 2.13 bits per heavy atom. The molecule has 1 nitrogen and oxygen atoms in total. The molecule has 0 saturated heterocycles. The minimum atomic E-state index is 0.457. The molecular weight excluding hydrogens is 182 g/mol. The van der Waals surface area contributed by atoms with Gasteiger partial charge < -0.3 is 5.32 Å². The van der Waals surface area contributed by atoms with Gasteiger partial charge in [0.15, 0.2) is 0 Å². The summed E-state index contributed by atoms with van der Waals surface area (Å²) in [4.78, 5) is 0. The molecule has 0 heterocycles. The average Bonchev–Trinajstić information content (AvgIpc) is 2.14. The molecule has 0 fully saturated rings. The Kier molecular flexibility index (Phi) is 7.25. The third-order valence-electron chi connectivity index (χ3n) is 3.36. The van der Waals surface area contributed by atoms with Crippen molar-refractivity contribution in [3.63, 3.8) is 0 Å². The Labute approximate surface area is 97.0 Å². The largest absolute Gasteiger partial charge is 0.313 e. The van der Waals surface area contributed by atoms with Crippen LogP contribution in [-0.2, 0) is 0 Å². The van der Waals surface area contributed by atoms with Crippen LogP contribution in [0.4, 0.5) is 0 Å². The van der Waals surface area contributed by atoms with Crippen molar-refractivity contribution in [2.45, 2.75) is 73.3 Å². The van der Waals surface area contributed by atoms with Crippen molar-refractivity contribution >= 4 is 0 Å². The molecule has 92 valence electrons. The number of rotatable bonds is 8. The van der Waals surface area contributed by atoms with E-state index < -0.39 is 0 Å². The van der Waals surface area contributed by atoms with Crippen LogP contribution in [-0.4, -0.2) is 12.6 Å². The van der Waals surface area contributed by atoms with Gasteiger partial charge >= 0.3 is 0 Å². The van der Waals surface area contributed by atoms with E-state index in [0.717, 1.165) is 12.5 Å². The van der Waals surface area contributed by atoms with Crippen LogP contribution in [0, 0.1) is 11.3 Å². The van der Waals surface area contributed by atoms with Crippen LogP contribution < -0.4 is 5.32 Å². The van der Waals surface area contributed by atoms with Crippen LogP contribution in [0.15, 0.2) is 0 Å². The average molecular weight is 213 g/mol. The van der Waals surface area contributed by atoms with Crippen molar-refractivity contribution in [1.82, 2.24) is 5.32 Å². The van der Waals surface area contributed by atoms with Crippen molar-refractivity contribution in [2.24, 2.45) is 11.3 Å². The molecule has 0 bridgehead atoms. The molecule has 1 heteroatoms. The SMILES string of the molecule is CCCCCC(C)(C)CNC(C)C(C)C. The number of hydrogen-bond acceptors (Lipinski definition) is 1. The lowest BCUT2D eigenvalue weighted by atomic mass is 9.86. The van der Waals surface area contributed by atoms with Gasteiger partial charge in [0.25, 0.3) is 0 Å². The van der Waals surface area contributed by atoms with Crippen LogP contribution in [0.5, 0.6) is 0 Å². The molecular formula is C14H31N. The van der Waals surface area contributed by atoms with E-state index in [1.54, 1.807) is 0 Å². The second-order valence-electron chi connectivity index (χ2n) is 6.03. The van der Waals surface area contributed by atoms with Gasteiger partial charge in [-0.05, 0) is 24.7 Å². The van der Waals surface area contributed by atoms with Gasteiger partial charge in [0.05, 0.1) is 0 Å². The molecule has 1 unspecified atom stereocenters. The van der Waals surface area contributed by atoms with Crippen molar-refractivity contribution in [2.75, 3.05) is 6.54 Å². The third kappa shape index (κ3) is 7.84. The molecule has 0 aromatic rings. The summed E-state index contributed by atoms with van der Waals surface area (Å²) in [6, 6.07) is 0.635. The molecule has 1 atom stereocenters. The Balaban J connectivity index is 3.72. The Morgan fingerprint density at radius 1 is 1.07 bits per heavy atom. The second kappa shape index (κ2) is 7.27. The molecule has 0 radical (unpaired) electrons. The summed E-state index contributed by atoms with van der Waals surface area (Å²) in [7, 11) is 0.